The summed E-state index contributed by atoms with van der Waals surface area (Å²) < 4.78 is 0. The lowest BCUT2D eigenvalue weighted by Crippen LogP contribution is -2.20. The third-order valence-corrected chi connectivity index (χ3v) is 1.74. The van der Waals surface area contributed by atoms with Gasteiger partial charge in [0, 0.05) is 6.61 Å². The van der Waals surface area contributed by atoms with Crippen molar-refractivity contribution < 1.29 is 24.9 Å². The summed E-state index contributed by atoms with van der Waals surface area (Å²) in [6, 6.07) is 0. The predicted octanol–water partition coefficient (Wildman–Crippen LogP) is 1.99. The molecule has 0 heterocycles. The topological polar surface area (TPSA) is 94.8 Å². The zero-order valence-electron chi connectivity index (χ0n) is 11.3. The van der Waals surface area contributed by atoms with E-state index in [4.69, 9.17) is 15.3 Å². The normalized spacial score (nSPS) is 11.4. The molecule has 0 saturated heterocycles. The number of aliphatic hydroxyl groups excluding tert-OH is 1. The van der Waals surface area contributed by atoms with Gasteiger partial charge in [0.05, 0.1) is 12.8 Å². The fourth-order valence-corrected chi connectivity index (χ4v) is 0.919. The van der Waals surface area contributed by atoms with E-state index in [2.05, 4.69) is 0 Å². The molecule has 0 aliphatic heterocycles. The Morgan fingerprint density at radius 3 is 1.29 bits per heavy atom. The van der Waals surface area contributed by atoms with Gasteiger partial charge in [0.2, 0.25) is 0 Å². The molecule has 0 fully saturated rings. The second-order valence-electron chi connectivity index (χ2n) is 6.02. The van der Waals surface area contributed by atoms with Crippen LogP contribution in [0, 0.1) is 10.8 Å². The summed E-state index contributed by atoms with van der Waals surface area (Å²) >= 11 is 0. The van der Waals surface area contributed by atoms with E-state index in [-0.39, 0.29) is 24.9 Å². The molecule has 0 spiro atoms. The zero-order valence-corrected chi connectivity index (χ0v) is 11.3. The van der Waals surface area contributed by atoms with Crippen molar-refractivity contribution in [2.75, 3.05) is 6.61 Å². The number of aliphatic hydroxyl groups is 1. The van der Waals surface area contributed by atoms with E-state index < -0.39 is 17.4 Å². The second kappa shape index (κ2) is 7.27. The average Bonchev–Trinajstić information content (AvgIpc) is 1.97. The van der Waals surface area contributed by atoms with Crippen LogP contribution in [0.25, 0.3) is 0 Å². The van der Waals surface area contributed by atoms with Gasteiger partial charge in [0.25, 0.3) is 0 Å². The van der Waals surface area contributed by atoms with Gasteiger partial charge in [-0.1, -0.05) is 34.6 Å². The van der Waals surface area contributed by atoms with E-state index in [1.807, 2.05) is 20.8 Å². The lowest BCUT2D eigenvalue weighted by Gasteiger charge is -2.17. The molecule has 17 heavy (non-hydrogen) atoms. The maximum absolute atomic E-state index is 10.1. The standard InChI is InChI=1S/C6H12O3.C6H12O2/c1-6(2,4-7)3-5(8)9;1-6(2,3)4-5(7)8/h7H,3-4H2,1-2H3,(H,8,9);4H2,1-3H3,(H,7,8). The fourth-order valence-electron chi connectivity index (χ4n) is 0.919. The van der Waals surface area contributed by atoms with Crippen molar-refractivity contribution in [1.29, 1.82) is 0 Å². The van der Waals surface area contributed by atoms with Crippen LogP contribution in [0.1, 0.15) is 47.5 Å². The molecule has 0 unspecified atom stereocenters. The Bertz CT molecular complexity index is 250. The molecule has 0 radical (unpaired) electrons. The Hall–Kier alpha value is -1.10. The molecule has 0 aromatic heterocycles. The molecular formula is C12H24O5. The first-order chi connectivity index (χ1) is 7.39. The first-order valence-corrected chi connectivity index (χ1v) is 5.44. The largest absolute Gasteiger partial charge is 0.481 e. The summed E-state index contributed by atoms with van der Waals surface area (Å²) in [5.74, 6) is -1.59. The number of aliphatic carboxylic acids is 2. The van der Waals surface area contributed by atoms with Gasteiger partial charge in [-0.25, -0.2) is 0 Å². The van der Waals surface area contributed by atoms with Crippen LogP contribution in [-0.4, -0.2) is 33.9 Å². The van der Waals surface area contributed by atoms with E-state index >= 15 is 0 Å². The van der Waals surface area contributed by atoms with E-state index in [0.717, 1.165) is 0 Å². The summed E-state index contributed by atoms with van der Waals surface area (Å²) in [5, 5.41) is 25.1. The first-order valence-electron chi connectivity index (χ1n) is 5.44. The highest BCUT2D eigenvalue weighted by Gasteiger charge is 2.19. The van der Waals surface area contributed by atoms with Gasteiger partial charge in [-0.2, -0.15) is 0 Å². The number of hydrogen-bond acceptors (Lipinski definition) is 3. The summed E-state index contributed by atoms with van der Waals surface area (Å²) in [7, 11) is 0. The highest BCUT2D eigenvalue weighted by molar-refractivity contribution is 5.67. The molecule has 0 aromatic rings. The average molecular weight is 248 g/mol. The summed E-state index contributed by atoms with van der Waals surface area (Å²) in [4.78, 5) is 20.1. The Kier molecular flexibility index (Phi) is 7.81. The van der Waals surface area contributed by atoms with Crippen LogP contribution >= 0.6 is 0 Å². The van der Waals surface area contributed by atoms with Crippen molar-refractivity contribution in [1.82, 2.24) is 0 Å². The highest BCUT2D eigenvalue weighted by Crippen LogP contribution is 2.18. The molecule has 5 heteroatoms. The Balaban J connectivity index is 0. The van der Waals surface area contributed by atoms with Gasteiger partial charge in [-0.05, 0) is 10.8 Å². The van der Waals surface area contributed by atoms with Crippen molar-refractivity contribution in [3.8, 4) is 0 Å². The molecule has 102 valence electrons. The molecule has 0 bridgehead atoms. The lowest BCUT2D eigenvalue weighted by molar-refractivity contribution is -0.140. The smallest absolute Gasteiger partial charge is 0.303 e. The van der Waals surface area contributed by atoms with Crippen molar-refractivity contribution in [2.24, 2.45) is 10.8 Å². The number of carboxylic acid groups (broad SMARTS) is 2. The molecule has 0 atom stereocenters. The van der Waals surface area contributed by atoms with Crippen LogP contribution in [0.2, 0.25) is 0 Å². The van der Waals surface area contributed by atoms with Gasteiger partial charge >= 0.3 is 11.9 Å². The zero-order chi connectivity index (χ0) is 14.3. The summed E-state index contributed by atoms with van der Waals surface area (Å²) in [5.41, 5.74) is -0.558. The predicted molar refractivity (Wildman–Crippen MR) is 64.8 cm³/mol. The van der Waals surface area contributed by atoms with E-state index in [1.54, 1.807) is 13.8 Å². The minimum absolute atomic E-state index is 0.0174. The van der Waals surface area contributed by atoms with Crippen molar-refractivity contribution in [3.63, 3.8) is 0 Å². The molecule has 0 saturated carbocycles. The molecule has 0 amide bonds. The Morgan fingerprint density at radius 1 is 0.882 bits per heavy atom. The quantitative estimate of drug-likeness (QED) is 0.707. The number of hydrogen-bond donors (Lipinski definition) is 3. The molecule has 0 rings (SSSR count). The van der Waals surface area contributed by atoms with E-state index in [1.165, 1.54) is 0 Å². The first kappa shape index (κ1) is 18.3. The van der Waals surface area contributed by atoms with Gasteiger partial charge in [0.15, 0.2) is 0 Å². The maximum atomic E-state index is 10.1. The van der Waals surface area contributed by atoms with Crippen molar-refractivity contribution in [2.45, 2.75) is 47.5 Å². The summed E-state index contributed by atoms with van der Waals surface area (Å²) in [6.07, 6.45) is 0.260. The molecule has 0 aliphatic carbocycles. The Morgan fingerprint density at radius 2 is 1.24 bits per heavy atom. The van der Waals surface area contributed by atoms with Crippen LogP contribution in [0.5, 0.6) is 0 Å². The van der Waals surface area contributed by atoms with Gasteiger partial charge in [-0.3, -0.25) is 9.59 Å². The third kappa shape index (κ3) is 17.5. The second-order valence-corrected chi connectivity index (χ2v) is 6.02. The minimum atomic E-state index is -0.867. The van der Waals surface area contributed by atoms with Crippen LogP contribution in [0.15, 0.2) is 0 Å². The lowest BCUT2D eigenvalue weighted by atomic mass is 9.91. The maximum Gasteiger partial charge on any atom is 0.303 e. The van der Waals surface area contributed by atoms with Gasteiger partial charge in [0.1, 0.15) is 0 Å². The van der Waals surface area contributed by atoms with E-state index in [0.29, 0.717) is 0 Å². The van der Waals surface area contributed by atoms with Crippen molar-refractivity contribution >= 4 is 11.9 Å². The third-order valence-electron chi connectivity index (χ3n) is 1.74. The molecule has 0 aliphatic rings. The Labute approximate surface area is 102 Å². The van der Waals surface area contributed by atoms with Crippen LogP contribution in [-0.2, 0) is 9.59 Å². The molecular weight excluding hydrogens is 224 g/mol. The fraction of sp³-hybridized carbons (Fsp3) is 0.833. The van der Waals surface area contributed by atoms with Crippen LogP contribution in [0.4, 0.5) is 0 Å². The van der Waals surface area contributed by atoms with Gasteiger partial charge < -0.3 is 15.3 Å². The molecule has 5 nitrogen and oxygen atoms in total. The SMILES string of the molecule is CC(C)(C)CC(=O)O.CC(C)(CO)CC(=O)O. The van der Waals surface area contributed by atoms with E-state index in [9.17, 15) is 9.59 Å². The van der Waals surface area contributed by atoms with Crippen LogP contribution in [0.3, 0.4) is 0 Å². The highest BCUT2D eigenvalue weighted by atomic mass is 16.4. The number of carboxylic acids is 2. The molecule has 0 aromatic carbocycles. The van der Waals surface area contributed by atoms with Crippen LogP contribution < -0.4 is 0 Å². The van der Waals surface area contributed by atoms with Crippen molar-refractivity contribution in [3.05, 3.63) is 0 Å². The summed E-state index contributed by atoms with van der Waals surface area (Å²) in [6.45, 7) is 9.05. The number of carbonyl (C=O) groups is 2. The van der Waals surface area contributed by atoms with Gasteiger partial charge in [-0.15, -0.1) is 0 Å². The minimum Gasteiger partial charge on any atom is -0.481 e. The molecule has 3 N–H and O–H groups in total. The monoisotopic (exact) mass is 248 g/mol. The number of rotatable bonds is 4.